The van der Waals surface area contributed by atoms with E-state index in [-0.39, 0.29) is 21.5 Å². The van der Waals surface area contributed by atoms with Crippen molar-refractivity contribution in [2.24, 2.45) is 0 Å². The fraction of sp³-hybridized carbons (Fsp3) is 0.143. The number of nitrogen functional groups attached to an aromatic ring is 1. The summed E-state index contributed by atoms with van der Waals surface area (Å²) in [6.07, 6.45) is 0. The largest absolute Gasteiger partial charge is 0.399 e. The van der Waals surface area contributed by atoms with Crippen LogP contribution in [0, 0.1) is 6.92 Å². The molecule has 3 N–H and O–H groups in total. The first-order chi connectivity index (χ1) is 9.79. The lowest BCUT2D eigenvalue weighted by Gasteiger charge is -2.11. The van der Waals surface area contributed by atoms with Gasteiger partial charge in [0.15, 0.2) is 0 Å². The number of anilines is 1. The van der Waals surface area contributed by atoms with Crippen LogP contribution in [0.1, 0.15) is 11.1 Å². The first-order valence-electron chi connectivity index (χ1n) is 6.09. The molecule has 2 aromatic carbocycles. The van der Waals surface area contributed by atoms with E-state index in [1.807, 2.05) is 13.0 Å². The number of rotatable bonds is 4. The molecule has 21 heavy (non-hydrogen) atoms. The molecule has 112 valence electrons. The zero-order valence-electron chi connectivity index (χ0n) is 11.2. The summed E-state index contributed by atoms with van der Waals surface area (Å²) in [5.41, 5.74) is 8.08. The molecule has 0 unspecified atom stereocenters. The van der Waals surface area contributed by atoms with Crippen molar-refractivity contribution < 1.29 is 8.42 Å². The Bertz CT molecular complexity index is 756. The van der Waals surface area contributed by atoms with Crippen LogP contribution in [0.3, 0.4) is 0 Å². The topological polar surface area (TPSA) is 72.2 Å². The standard InChI is InChI=1S/C14H14Cl2N2O2S/c1-9-10(3-2-4-14(9)17)8-18-21(19,20)13-6-11(15)5-12(16)7-13/h2-7,18H,8,17H2,1H3. The highest BCUT2D eigenvalue weighted by Crippen LogP contribution is 2.23. The van der Waals surface area contributed by atoms with Gasteiger partial charge in [-0.05, 0) is 42.3 Å². The maximum atomic E-state index is 12.2. The summed E-state index contributed by atoms with van der Waals surface area (Å²) in [5, 5.41) is 0.533. The van der Waals surface area contributed by atoms with Crippen molar-refractivity contribution in [2.75, 3.05) is 5.73 Å². The van der Waals surface area contributed by atoms with E-state index in [1.54, 1.807) is 12.1 Å². The molecule has 0 aliphatic carbocycles. The SMILES string of the molecule is Cc1c(N)cccc1CNS(=O)(=O)c1cc(Cl)cc(Cl)c1. The quantitative estimate of drug-likeness (QED) is 0.835. The Balaban J connectivity index is 2.24. The van der Waals surface area contributed by atoms with Gasteiger partial charge >= 0.3 is 0 Å². The summed E-state index contributed by atoms with van der Waals surface area (Å²) in [4.78, 5) is 0.0292. The molecule has 0 aliphatic rings. The van der Waals surface area contributed by atoms with Crippen LogP contribution in [0.4, 0.5) is 5.69 Å². The van der Waals surface area contributed by atoms with Crippen molar-refractivity contribution in [2.45, 2.75) is 18.4 Å². The molecule has 0 aromatic heterocycles. The molecule has 2 rings (SSSR count). The highest BCUT2D eigenvalue weighted by Gasteiger charge is 2.16. The number of nitrogens with one attached hydrogen (secondary N) is 1. The zero-order valence-corrected chi connectivity index (χ0v) is 13.6. The normalized spacial score (nSPS) is 11.6. The van der Waals surface area contributed by atoms with Crippen LogP contribution in [-0.4, -0.2) is 8.42 Å². The third kappa shape index (κ3) is 3.89. The predicted octanol–water partition coefficient (Wildman–Crippen LogP) is 3.36. The monoisotopic (exact) mass is 344 g/mol. The van der Waals surface area contributed by atoms with Gasteiger partial charge in [0.05, 0.1) is 4.90 Å². The third-order valence-corrected chi connectivity index (χ3v) is 4.90. The Morgan fingerprint density at radius 2 is 1.76 bits per heavy atom. The summed E-state index contributed by atoms with van der Waals surface area (Å²) in [6.45, 7) is 1.98. The highest BCUT2D eigenvalue weighted by atomic mass is 35.5. The molecular formula is C14H14Cl2N2O2S. The molecule has 4 nitrogen and oxygen atoms in total. The van der Waals surface area contributed by atoms with Crippen molar-refractivity contribution in [3.63, 3.8) is 0 Å². The summed E-state index contributed by atoms with van der Waals surface area (Å²) < 4.78 is 27.0. The van der Waals surface area contributed by atoms with Crippen LogP contribution >= 0.6 is 23.2 Å². The Hall–Kier alpha value is -1.27. The fourth-order valence-corrected chi connectivity index (χ4v) is 3.57. The van der Waals surface area contributed by atoms with Crippen molar-refractivity contribution in [1.29, 1.82) is 0 Å². The van der Waals surface area contributed by atoms with Gasteiger partial charge in [-0.1, -0.05) is 35.3 Å². The minimum atomic E-state index is -3.69. The second kappa shape index (κ2) is 6.23. The van der Waals surface area contributed by atoms with E-state index in [2.05, 4.69) is 4.72 Å². The third-order valence-electron chi connectivity index (χ3n) is 3.09. The Kier molecular flexibility index (Phi) is 4.78. The van der Waals surface area contributed by atoms with E-state index < -0.39 is 10.0 Å². The van der Waals surface area contributed by atoms with E-state index in [1.165, 1.54) is 18.2 Å². The molecule has 0 saturated heterocycles. The Morgan fingerprint density at radius 1 is 1.14 bits per heavy atom. The number of sulfonamides is 1. The van der Waals surface area contributed by atoms with Gasteiger partial charge in [0.1, 0.15) is 0 Å². The lowest BCUT2D eigenvalue weighted by molar-refractivity contribution is 0.581. The molecule has 7 heteroatoms. The van der Waals surface area contributed by atoms with Gasteiger partial charge < -0.3 is 5.73 Å². The molecule has 0 heterocycles. The minimum absolute atomic E-state index is 0.0292. The molecule has 0 saturated carbocycles. The van der Waals surface area contributed by atoms with Gasteiger partial charge in [0.2, 0.25) is 10.0 Å². The molecule has 0 bridgehead atoms. The smallest absolute Gasteiger partial charge is 0.240 e. The van der Waals surface area contributed by atoms with E-state index in [0.29, 0.717) is 5.69 Å². The molecule has 0 spiro atoms. The average Bonchev–Trinajstić information content (AvgIpc) is 2.39. The zero-order chi connectivity index (χ0) is 15.6. The summed E-state index contributed by atoms with van der Waals surface area (Å²) in [6, 6.07) is 9.54. The first kappa shape index (κ1) is 16.1. The van der Waals surface area contributed by atoms with Crippen molar-refractivity contribution in [3.05, 3.63) is 57.6 Å². The molecule has 0 fully saturated rings. The van der Waals surface area contributed by atoms with Gasteiger partial charge in [-0.25, -0.2) is 13.1 Å². The Labute approximate surface area is 133 Å². The van der Waals surface area contributed by atoms with E-state index in [4.69, 9.17) is 28.9 Å². The lowest BCUT2D eigenvalue weighted by atomic mass is 10.1. The van der Waals surface area contributed by atoms with Crippen LogP contribution < -0.4 is 10.5 Å². The number of hydrogen-bond acceptors (Lipinski definition) is 3. The second-order valence-electron chi connectivity index (χ2n) is 4.56. The maximum Gasteiger partial charge on any atom is 0.240 e. The van der Waals surface area contributed by atoms with Crippen LogP contribution in [0.15, 0.2) is 41.3 Å². The summed E-state index contributed by atoms with van der Waals surface area (Å²) in [5.74, 6) is 0. The van der Waals surface area contributed by atoms with Crippen LogP contribution in [-0.2, 0) is 16.6 Å². The second-order valence-corrected chi connectivity index (χ2v) is 7.20. The number of hydrogen-bond donors (Lipinski definition) is 2. The highest BCUT2D eigenvalue weighted by molar-refractivity contribution is 7.89. The molecule has 0 atom stereocenters. The summed E-state index contributed by atoms with van der Waals surface area (Å²) >= 11 is 11.7. The molecule has 2 aromatic rings. The van der Waals surface area contributed by atoms with Gasteiger partial charge in [-0.15, -0.1) is 0 Å². The minimum Gasteiger partial charge on any atom is -0.399 e. The summed E-state index contributed by atoms with van der Waals surface area (Å²) in [7, 11) is -3.69. The number of nitrogens with two attached hydrogens (primary N) is 1. The van der Waals surface area contributed by atoms with E-state index in [0.717, 1.165) is 11.1 Å². The van der Waals surface area contributed by atoms with Crippen LogP contribution in [0.2, 0.25) is 10.0 Å². The van der Waals surface area contributed by atoms with Crippen molar-refractivity contribution in [1.82, 2.24) is 4.72 Å². The van der Waals surface area contributed by atoms with Crippen molar-refractivity contribution in [3.8, 4) is 0 Å². The van der Waals surface area contributed by atoms with Gasteiger partial charge in [0.25, 0.3) is 0 Å². The van der Waals surface area contributed by atoms with Crippen LogP contribution in [0.25, 0.3) is 0 Å². The lowest BCUT2D eigenvalue weighted by Crippen LogP contribution is -2.23. The fourth-order valence-electron chi connectivity index (χ4n) is 1.83. The molecular weight excluding hydrogens is 331 g/mol. The van der Waals surface area contributed by atoms with Crippen molar-refractivity contribution >= 4 is 38.9 Å². The molecule has 0 amide bonds. The van der Waals surface area contributed by atoms with E-state index >= 15 is 0 Å². The van der Waals surface area contributed by atoms with Gasteiger partial charge in [-0.3, -0.25) is 0 Å². The average molecular weight is 345 g/mol. The van der Waals surface area contributed by atoms with Gasteiger partial charge in [0, 0.05) is 22.3 Å². The molecule has 0 radical (unpaired) electrons. The Morgan fingerprint density at radius 3 is 2.38 bits per heavy atom. The maximum absolute atomic E-state index is 12.2. The first-order valence-corrected chi connectivity index (χ1v) is 8.33. The molecule has 0 aliphatic heterocycles. The number of halogens is 2. The van der Waals surface area contributed by atoms with Crippen LogP contribution in [0.5, 0.6) is 0 Å². The predicted molar refractivity (Wildman–Crippen MR) is 86.1 cm³/mol. The van der Waals surface area contributed by atoms with E-state index in [9.17, 15) is 8.42 Å². The van der Waals surface area contributed by atoms with Gasteiger partial charge in [-0.2, -0.15) is 0 Å². The number of benzene rings is 2.